The van der Waals surface area contributed by atoms with Crippen LogP contribution in [-0.2, 0) is 0 Å². The first kappa shape index (κ1) is 16.6. The van der Waals surface area contributed by atoms with Gasteiger partial charge >= 0.3 is 0 Å². The third-order valence-corrected chi connectivity index (χ3v) is 3.26. The van der Waals surface area contributed by atoms with Crippen LogP contribution >= 0.6 is 0 Å². The summed E-state index contributed by atoms with van der Waals surface area (Å²) in [6.07, 6.45) is 4.93. The summed E-state index contributed by atoms with van der Waals surface area (Å²) in [5.41, 5.74) is 1.75. The van der Waals surface area contributed by atoms with Crippen LogP contribution in [0.15, 0.2) is 36.7 Å². The van der Waals surface area contributed by atoms with Crippen molar-refractivity contribution in [3.8, 4) is 0 Å². The smallest absolute Gasteiger partial charge is 0.254 e. The molecule has 6 heteroatoms. The molecule has 0 saturated heterocycles. The first-order valence-electron chi connectivity index (χ1n) is 7.58. The molecule has 2 N–H and O–H groups in total. The van der Waals surface area contributed by atoms with Crippen molar-refractivity contribution in [2.24, 2.45) is 0 Å². The van der Waals surface area contributed by atoms with E-state index in [2.05, 4.69) is 27.5 Å². The quantitative estimate of drug-likeness (QED) is 0.606. The highest BCUT2D eigenvalue weighted by Gasteiger charge is 2.07. The van der Waals surface area contributed by atoms with Gasteiger partial charge in [-0.25, -0.2) is 9.97 Å². The largest absolute Gasteiger partial charge is 0.352 e. The Labute approximate surface area is 135 Å². The summed E-state index contributed by atoms with van der Waals surface area (Å²) in [5, 5.41) is 5.82. The minimum Gasteiger partial charge on any atom is -0.352 e. The van der Waals surface area contributed by atoms with Gasteiger partial charge in [0, 0.05) is 30.2 Å². The zero-order chi connectivity index (χ0) is 16.7. The summed E-state index contributed by atoms with van der Waals surface area (Å²) in [6.45, 7) is 4.23. The number of nitrogens with zero attached hydrogens (tertiary/aromatic N) is 2. The van der Waals surface area contributed by atoms with Crippen LogP contribution in [0.25, 0.3) is 0 Å². The number of unbranched alkanes of at least 4 members (excludes halogenated alkanes) is 1. The molecule has 0 saturated carbocycles. The molecule has 6 nitrogen and oxygen atoms in total. The van der Waals surface area contributed by atoms with Gasteiger partial charge < -0.3 is 10.6 Å². The number of ketones is 1. The van der Waals surface area contributed by atoms with Gasteiger partial charge in [-0.15, -0.1) is 0 Å². The zero-order valence-electron chi connectivity index (χ0n) is 13.3. The van der Waals surface area contributed by atoms with Crippen LogP contribution < -0.4 is 10.6 Å². The third-order valence-electron chi connectivity index (χ3n) is 3.26. The molecule has 0 aliphatic rings. The van der Waals surface area contributed by atoms with Gasteiger partial charge in [0.05, 0.1) is 5.56 Å². The first-order chi connectivity index (χ1) is 11.1. The summed E-state index contributed by atoms with van der Waals surface area (Å²) in [7, 11) is 0. The maximum absolute atomic E-state index is 11.9. The SMILES string of the molecule is CCCCNC(=O)c1cnc(Nc2cccc(C(C)=O)c2)nc1. The van der Waals surface area contributed by atoms with E-state index < -0.39 is 0 Å². The molecule has 1 amide bonds. The first-order valence-corrected chi connectivity index (χ1v) is 7.58. The van der Waals surface area contributed by atoms with Crippen LogP contribution in [0.3, 0.4) is 0 Å². The Morgan fingerprint density at radius 3 is 2.52 bits per heavy atom. The van der Waals surface area contributed by atoms with Gasteiger partial charge in [-0.05, 0) is 25.5 Å². The number of hydrogen-bond acceptors (Lipinski definition) is 5. The van der Waals surface area contributed by atoms with Crippen LogP contribution in [-0.4, -0.2) is 28.2 Å². The lowest BCUT2D eigenvalue weighted by atomic mass is 10.1. The van der Waals surface area contributed by atoms with Crippen molar-refractivity contribution in [2.45, 2.75) is 26.7 Å². The van der Waals surface area contributed by atoms with Gasteiger partial charge in [0.25, 0.3) is 5.91 Å². The highest BCUT2D eigenvalue weighted by molar-refractivity contribution is 5.95. The summed E-state index contributed by atoms with van der Waals surface area (Å²) in [4.78, 5) is 31.5. The maximum Gasteiger partial charge on any atom is 0.254 e. The second-order valence-electron chi connectivity index (χ2n) is 5.17. The predicted molar refractivity (Wildman–Crippen MR) is 89.0 cm³/mol. The molecule has 0 radical (unpaired) electrons. The molecule has 0 unspecified atom stereocenters. The number of aromatic nitrogens is 2. The normalized spacial score (nSPS) is 10.2. The number of carbonyl (C=O) groups is 2. The van der Waals surface area contributed by atoms with E-state index >= 15 is 0 Å². The molecule has 0 fully saturated rings. The van der Waals surface area contributed by atoms with E-state index in [4.69, 9.17) is 0 Å². The molecule has 1 aromatic heterocycles. The van der Waals surface area contributed by atoms with Crippen LogP contribution in [0.4, 0.5) is 11.6 Å². The monoisotopic (exact) mass is 312 g/mol. The molecular weight excluding hydrogens is 292 g/mol. The van der Waals surface area contributed by atoms with Crippen molar-refractivity contribution >= 4 is 23.3 Å². The summed E-state index contributed by atoms with van der Waals surface area (Å²) >= 11 is 0. The number of Topliss-reactive ketones (excluding diaryl/α,β-unsaturated/α-hetero) is 1. The minimum atomic E-state index is -0.177. The Balaban J connectivity index is 2.01. The van der Waals surface area contributed by atoms with E-state index in [0.29, 0.717) is 23.6 Å². The van der Waals surface area contributed by atoms with E-state index in [1.54, 1.807) is 18.2 Å². The molecule has 0 bridgehead atoms. The molecule has 0 atom stereocenters. The predicted octanol–water partition coefficient (Wildman–Crippen LogP) is 2.95. The number of nitrogens with one attached hydrogen (secondary N) is 2. The molecule has 23 heavy (non-hydrogen) atoms. The van der Waals surface area contributed by atoms with Crippen molar-refractivity contribution in [1.29, 1.82) is 0 Å². The maximum atomic E-state index is 11.9. The molecule has 0 spiro atoms. The lowest BCUT2D eigenvalue weighted by molar-refractivity contribution is 0.0951. The lowest BCUT2D eigenvalue weighted by Gasteiger charge is -2.07. The fourth-order valence-corrected chi connectivity index (χ4v) is 1.94. The van der Waals surface area contributed by atoms with Crippen molar-refractivity contribution in [3.05, 3.63) is 47.8 Å². The Bertz CT molecular complexity index is 683. The van der Waals surface area contributed by atoms with E-state index in [9.17, 15) is 9.59 Å². The van der Waals surface area contributed by atoms with E-state index in [-0.39, 0.29) is 11.7 Å². The molecule has 0 aliphatic heterocycles. The molecule has 1 aromatic carbocycles. The molecule has 0 aliphatic carbocycles. The topological polar surface area (TPSA) is 84.0 Å². The molecular formula is C17H20N4O2. The minimum absolute atomic E-state index is 0.00586. The third kappa shape index (κ3) is 4.88. The highest BCUT2D eigenvalue weighted by atomic mass is 16.1. The lowest BCUT2D eigenvalue weighted by Crippen LogP contribution is -2.24. The van der Waals surface area contributed by atoms with Gasteiger partial charge in [0.2, 0.25) is 5.95 Å². The molecule has 2 aromatic rings. The number of anilines is 2. The summed E-state index contributed by atoms with van der Waals surface area (Å²) in [5.74, 6) is 0.188. The number of amides is 1. The van der Waals surface area contributed by atoms with Crippen molar-refractivity contribution in [1.82, 2.24) is 15.3 Å². The summed E-state index contributed by atoms with van der Waals surface area (Å²) in [6, 6.07) is 7.09. The second kappa shape index (κ2) is 8.03. The van der Waals surface area contributed by atoms with Crippen molar-refractivity contribution < 1.29 is 9.59 Å². The molecule has 2 rings (SSSR count). The standard InChI is InChI=1S/C17H20N4O2/c1-3-4-8-18-16(23)14-10-19-17(20-11-14)21-15-7-5-6-13(9-15)12(2)22/h5-7,9-11H,3-4,8H2,1-2H3,(H,18,23)(H,19,20,21). The van der Waals surface area contributed by atoms with E-state index in [1.807, 2.05) is 6.07 Å². The van der Waals surface area contributed by atoms with Gasteiger partial charge in [-0.1, -0.05) is 25.5 Å². The average Bonchev–Trinajstić information content (AvgIpc) is 2.56. The Morgan fingerprint density at radius 2 is 1.87 bits per heavy atom. The number of hydrogen-bond donors (Lipinski definition) is 2. The molecule has 1 heterocycles. The van der Waals surface area contributed by atoms with Crippen LogP contribution in [0.1, 0.15) is 47.4 Å². The highest BCUT2D eigenvalue weighted by Crippen LogP contribution is 2.15. The summed E-state index contributed by atoms with van der Waals surface area (Å²) < 4.78 is 0. The second-order valence-corrected chi connectivity index (χ2v) is 5.17. The fourth-order valence-electron chi connectivity index (χ4n) is 1.94. The Morgan fingerprint density at radius 1 is 1.13 bits per heavy atom. The Hall–Kier alpha value is -2.76. The van der Waals surface area contributed by atoms with Crippen molar-refractivity contribution in [2.75, 3.05) is 11.9 Å². The zero-order valence-corrected chi connectivity index (χ0v) is 13.3. The van der Waals surface area contributed by atoms with Gasteiger partial charge in [0.15, 0.2) is 5.78 Å². The van der Waals surface area contributed by atoms with Crippen LogP contribution in [0.2, 0.25) is 0 Å². The van der Waals surface area contributed by atoms with Crippen LogP contribution in [0, 0.1) is 0 Å². The average molecular weight is 312 g/mol. The fraction of sp³-hybridized carbons (Fsp3) is 0.294. The van der Waals surface area contributed by atoms with Gasteiger partial charge in [-0.2, -0.15) is 0 Å². The number of rotatable bonds is 7. The van der Waals surface area contributed by atoms with Gasteiger partial charge in [-0.3, -0.25) is 9.59 Å². The Kier molecular flexibility index (Phi) is 5.80. The van der Waals surface area contributed by atoms with E-state index in [1.165, 1.54) is 19.3 Å². The number of benzene rings is 1. The molecule has 120 valence electrons. The van der Waals surface area contributed by atoms with E-state index in [0.717, 1.165) is 18.5 Å². The van der Waals surface area contributed by atoms with Crippen molar-refractivity contribution in [3.63, 3.8) is 0 Å². The van der Waals surface area contributed by atoms with Gasteiger partial charge in [0.1, 0.15) is 0 Å². The number of carbonyl (C=O) groups excluding carboxylic acids is 2. The van der Waals surface area contributed by atoms with Crippen LogP contribution in [0.5, 0.6) is 0 Å².